The Kier molecular flexibility index (Phi) is 1.94. The fourth-order valence-electron chi connectivity index (χ4n) is 2.99. The quantitative estimate of drug-likeness (QED) is 0.601. The summed E-state index contributed by atoms with van der Waals surface area (Å²) in [5.41, 5.74) is 6.02. The highest BCUT2D eigenvalue weighted by molar-refractivity contribution is 5.76. The highest BCUT2D eigenvalue weighted by Gasteiger charge is 2.32. The molecule has 0 saturated carbocycles. The van der Waals surface area contributed by atoms with Crippen LogP contribution in [0.2, 0.25) is 0 Å². The van der Waals surface area contributed by atoms with Crippen molar-refractivity contribution in [3.05, 3.63) is 65.3 Å². The smallest absolute Gasteiger partial charge is 0.0150 e. The van der Waals surface area contributed by atoms with E-state index in [4.69, 9.17) is 0 Å². The van der Waals surface area contributed by atoms with E-state index >= 15 is 0 Å². The average Bonchev–Trinajstić information content (AvgIpc) is 2.28. The lowest BCUT2D eigenvalue weighted by atomic mass is 9.67. The molecule has 1 atom stereocenters. The van der Waals surface area contributed by atoms with Crippen LogP contribution in [-0.4, -0.2) is 0 Å². The van der Waals surface area contributed by atoms with Crippen LogP contribution >= 0.6 is 0 Å². The van der Waals surface area contributed by atoms with E-state index in [2.05, 4.69) is 62.4 Å². The molecule has 80 valence electrons. The Balaban J connectivity index is 2.27. The Bertz CT molecular complexity index is 529. The van der Waals surface area contributed by atoms with E-state index in [-0.39, 0.29) is 5.41 Å². The molecule has 2 aliphatic rings. The lowest BCUT2D eigenvalue weighted by Crippen LogP contribution is -2.25. The molecule has 0 fully saturated rings. The Labute approximate surface area is 97.0 Å². The van der Waals surface area contributed by atoms with E-state index in [9.17, 15) is 0 Å². The normalized spacial score (nSPS) is 26.6. The monoisotopic (exact) mass is 208 g/mol. The lowest BCUT2D eigenvalue weighted by Gasteiger charge is -2.36. The van der Waals surface area contributed by atoms with Crippen LogP contribution in [0.3, 0.4) is 0 Å². The van der Waals surface area contributed by atoms with Gasteiger partial charge in [0.05, 0.1) is 0 Å². The molecule has 0 nitrogen and oxygen atoms in total. The van der Waals surface area contributed by atoms with Crippen LogP contribution in [0.15, 0.2) is 54.1 Å². The van der Waals surface area contributed by atoms with Gasteiger partial charge in [0.15, 0.2) is 0 Å². The minimum absolute atomic E-state index is 0.202. The zero-order valence-corrected chi connectivity index (χ0v) is 9.83. The molecule has 0 heterocycles. The Morgan fingerprint density at radius 3 is 2.81 bits per heavy atom. The molecule has 16 heavy (non-hydrogen) atoms. The maximum Gasteiger partial charge on any atom is 0.0150 e. The zero-order valence-electron chi connectivity index (χ0n) is 9.83. The molecule has 3 rings (SSSR count). The molecule has 0 aliphatic heterocycles. The maximum absolute atomic E-state index is 2.34. The first-order chi connectivity index (χ1) is 7.71. The molecule has 1 unspecified atom stereocenters. The van der Waals surface area contributed by atoms with Crippen LogP contribution in [0, 0.1) is 5.41 Å². The standard InChI is InChI=1S/C16H16/c1-12-14-8-4-3-7-13(14)11-16(2)10-6-5-9-15(12)16/h3-10H,11H2,1-2H3. The topological polar surface area (TPSA) is 0 Å². The van der Waals surface area contributed by atoms with Gasteiger partial charge in [-0.15, -0.1) is 0 Å². The van der Waals surface area contributed by atoms with Gasteiger partial charge in [-0.1, -0.05) is 55.5 Å². The number of allylic oxidation sites excluding steroid dienone is 6. The molecule has 0 heteroatoms. The second-order valence-electron chi connectivity index (χ2n) is 5.01. The predicted molar refractivity (Wildman–Crippen MR) is 69.1 cm³/mol. The van der Waals surface area contributed by atoms with Gasteiger partial charge in [0.1, 0.15) is 0 Å². The number of hydrogen-bond acceptors (Lipinski definition) is 0. The SMILES string of the molecule is CC1=C2C=CC=CC2(C)Cc2ccccc21. The van der Waals surface area contributed by atoms with Gasteiger partial charge in [-0.05, 0) is 35.6 Å². The van der Waals surface area contributed by atoms with Gasteiger partial charge >= 0.3 is 0 Å². The first kappa shape index (κ1) is 9.65. The largest absolute Gasteiger partial charge is 0.0739 e. The van der Waals surface area contributed by atoms with Crippen LogP contribution < -0.4 is 0 Å². The molecule has 0 radical (unpaired) electrons. The van der Waals surface area contributed by atoms with Gasteiger partial charge in [-0.25, -0.2) is 0 Å². The van der Waals surface area contributed by atoms with Crippen molar-refractivity contribution in [3.63, 3.8) is 0 Å². The minimum Gasteiger partial charge on any atom is -0.0739 e. The van der Waals surface area contributed by atoms with Crippen molar-refractivity contribution < 1.29 is 0 Å². The summed E-state index contributed by atoms with van der Waals surface area (Å²) in [6.07, 6.45) is 10.0. The maximum atomic E-state index is 2.34. The van der Waals surface area contributed by atoms with Crippen molar-refractivity contribution in [2.45, 2.75) is 20.3 Å². The molecular weight excluding hydrogens is 192 g/mol. The summed E-state index contributed by atoms with van der Waals surface area (Å²) in [4.78, 5) is 0. The van der Waals surface area contributed by atoms with Crippen LogP contribution in [0.25, 0.3) is 5.57 Å². The molecule has 2 aliphatic carbocycles. The van der Waals surface area contributed by atoms with Crippen molar-refractivity contribution in [3.8, 4) is 0 Å². The highest BCUT2D eigenvalue weighted by atomic mass is 14.4. The second-order valence-corrected chi connectivity index (χ2v) is 5.01. The van der Waals surface area contributed by atoms with Gasteiger partial charge in [-0.3, -0.25) is 0 Å². The van der Waals surface area contributed by atoms with Crippen molar-refractivity contribution in [1.29, 1.82) is 0 Å². The van der Waals surface area contributed by atoms with Gasteiger partial charge < -0.3 is 0 Å². The molecule has 1 aromatic rings. The number of rotatable bonds is 0. The molecule has 0 N–H and O–H groups in total. The molecule has 0 amide bonds. The van der Waals surface area contributed by atoms with Crippen LogP contribution in [0.4, 0.5) is 0 Å². The van der Waals surface area contributed by atoms with E-state index in [1.165, 1.54) is 22.3 Å². The number of benzene rings is 1. The van der Waals surface area contributed by atoms with E-state index in [1.807, 2.05) is 0 Å². The van der Waals surface area contributed by atoms with Crippen LogP contribution in [0.1, 0.15) is 25.0 Å². The summed E-state index contributed by atoms with van der Waals surface area (Å²) < 4.78 is 0. The third-order valence-corrected chi connectivity index (χ3v) is 3.84. The van der Waals surface area contributed by atoms with E-state index in [0.29, 0.717) is 0 Å². The summed E-state index contributed by atoms with van der Waals surface area (Å²) in [5.74, 6) is 0. The Hall–Kier alpha value is -1.56. The predicted octanol–water partition coefficient (Wildman–Crippen LogP) is 4.15. The Morgan fingerprint density at radius 1 is 1.12 bits per heavy atom. The van der Waals surface area contributed by atoms with Crippen molar-refractivity contribution in [2.75, 3.05) is 0 Å². The van der Waals surface area contributed by atoms with Crippen molar-refractivity contribution in [2.24, 2.45) is 5.41 Å². The van der Waals surface area contributed by atoms with Crippen molar-refractivity contribution >= 4 is 5.57 Å². The van der Waals surface area contributed by atoms with Crippen molar-refractivity contribution in [1.82, 2.24) is 0 Å². The first-order valence-corrected chi connectivity index (χ1v) is 5.86. The summed E-state index contributed by atoms with van der Waals surface area (Å²) in [5, 5.41) is 0. The molecule has 0 aromatic heterocycles. The number of hydrogen-bond donors (Lipinski definition) is 0. The summed E-state index contributed by atoms with van der Waals surface area (Å²) in [6, 6.07) is 8.77. The zero-order chi connectivity index (χ0) is 11.2. The molecule has 0 spiro atoms. The van der Waals surface area contributed by atoms with Gasteiger partial charge in [0.25, 0.3) is 0 Å². The molecule has 0 saturated heterocycles. The average molecular weight is 208 g/mol. The van der Waals surface area contributed by atoms with Crippen LogP contribution in [0.5, 0.6) is 0 Å². The number of fused-ring (bicyclic) bond motifs is 2. The summed E-state index contributed by atoms with van der Waals surface area (Å²) in [6.45, 7) is 4.58. The summed E-state index contributed by atoms with van der Waals surface area (Å²) in [7, 11) is 0. The second kappa shape index (κ2) is 3.21. The minimum atomic E-state index is 0.202. The Morgan fingerprint density at radius 2 is 1.94 bits per heavy atom. The molecule has 1 aromatic carbocycles. The third kappa shape index (κ3) is 1.23. The van der Waals surface area contributed by atoms with Gasteiger partial charge in [0, 0.05) is 5.41 Å². The lowest BCUT2D eigenvalue weighted by molar-refractivity contribution is 0.513. The fraction of sp³-hybridized carbons (Fsp3) is 0.250. The first-order valence-electron chi connectivity index (χ1n) is 5.86. The van der Waals surface area contributed by atoms with E-state index in [0.717, 1.165) is 6.42 Å². The van der Waals surface area contributed by atoms with E-state index in [1.54, 1.807) is 0 Å². The highest BCUT2D eigenvalue weighted by Crippen LogP contribution is 2.45. The van der Waals surface area contributed by atoms with Gasteiger partial charge in [0.2, 0.25) is 0 Å². The van der Waals surface area contributed by atoms with E-state index < -0.39 is 0 Å². The van der Waals surface area contributed by atoms with Crippen LogP contribution in [-0.2, 0) is 6.42 Å². The molecule has 0 bridgehead atoms. The fourth-order valence-corrected chi connectivity index (χ4v) is 2.99. The van der Waals surface area contributed by atoms with Gasteiger partial charge in [-0.2, -0.15) is 0 Å². The third-order valence-electron chi connectivity index (χ3n) is 3.84. The molecular formula is C16H16. The summed E-state index contributed by atoms with van der Waals surface area (Å²) >= 11 is 0.